The van der Waals surface area contributed by atoms with Crippen molar-refractivity contribution < 1.29 is 0 Å². The van der Waals surface area contributed by atoms with Crippen LogP contribution in [0.4, 0.5) is 0 Å². The molecule has 1 aliphatic rings. The van der Waals surface area contributed by atoms with Gasteiger partial charge in [-0.3, -0.25) is 0 Å². The van der Waals surface area contributed by atoms with E-state index in [-0.39, 0.29) is 0 Å². The summed E-state index contributed by atoms with van der Waals surface area (Å²) in [6.45, 7) is 9.06. The molecule has 0 saturated carbocycles. The first-order valence-corrected chi connectivity index (χ1v) is 4.42. The molecule has 0 radical (unpaired) electrons. The molecule has 0 atom stereocenters. The molecule has 0 saturated heterocycles. The van der Waals surface area contributed by atoms with Gasteiger partial charge in [-0.1, -0.05) is 44.1 Å². The van der Waals surface area contributed by atoms with E-state index in [4.69, 9.17) is 0 Å². The zero-order chi connectivity index (χ0) is 8.48. The topological polar surface area (TPSA) is 0 Å². The summed E-state index contributed by atoms with van der Waals surface area (Å²) in [6, 6.07) is 0. The van der Waals surface area contributed by atoms with Crippen LogP contribution in [0.5, 0.6) is 0 Å². The van der Waals surface area contributed by atoms with E-state index < -0.39 is 0 Å². The Labute approximate surface area is 70.0 Å². The lowest BCUT2D eigenvalue weighted by molar-refractivity contribution is 0.465. The minimum absolute atomic E-state index is 0.393. The second kappa shape index (κ2) is 2.84. The average Bonchev–Trinajstić information content (AvgIpc) is 1.83. The van der Waals surface area contributed by atoms with Crippen LogP contribution in [0.2, 0.25) is 0 Å². The Balaban J connectivity index is 2.86. The van der Waals surface area contributed by atoms with Gasteiger partial charge in [0.05, 0.1) is 0 Å². The van der Waals surface area contributed by atoms with E-state index in [0.29, 0.717) is 5.41 Å². The van der Waals surface area contributed by atoms with E-state index in [1.54, 1.807) is 0 Å². The highest BCUT2D eigenvalue weighted by molar-refractivity contribution is 5.30. The van der Waals surface area contributed by atoms with Crippen molar-refractivity contribution in [3.8, 4) is 0 Å². The van der Waals surface area contributed by atoms with Gasteiger partial charge in [-0.25, -0.2) is 0 Å². The van der Waals surface area contributed by atoms with Crippen LogP contribution in [0, 0.1) is 5.41 Å². The number of hydrogen-bond donors (Lipinski definition) is 0. The summed E-state index contributed by atoms with van der Waals surface area (Å²) in [5.74, 6) is 0. The first-order chi connectivity index (χ1) is 5.03. The molecule has 0 heteroatoms. The van der Waals surface area contributed by atoms with Crippen LogP contribution in [0.3, 0.4) is 0 Å². The predicted octanol–water partition coefficient (Wildman–Crippen LogP) is 3.70. The molecular weight excluding hydrogens is 132 g/mol. The van der Waals surface area contributed by atoms with Crippen LogP contribution in [-0.2, 0) is 0 Å². The van der Waals surface area contributed by atoms with Crippen molar-refractivity contribution >= 4 is 0 Å². The summed E-state index contributed by atoms with van der Waals surface area (Å²) in [5.41, 5.74) is 3.41. The zero-order valence-corrected chi connectivity index (χ0v) is 8.07. The Hall–Kier alpha value is -0.520. The molecule has 0 aliphatic heterocycles. The van der Waals surface area contributed by atoms with E-state index in [9.17, 15) is 0 Å². The molecule has 0 nitrogen and oxygen atoms in total. The maximum Gasteiger partial charge on any atom is -0.0132 e. The Morgan fingerprint density at radius 2 is 2.09 bits per heavy atom. The fourth-order valence-corrected chi connectivity index (χ4v) is 1.88. The van der Waals surface area contributed by atoms with Crippen LogP contribution in [0.25, 0.3) is 0 Å². The Morgan fingerprint density at radius 1 is 1.45 bits per heavy atom. The third kappa shape index (κ3) is 2.21. The van der Waals surface area contributed by atoms with Gasteiger partial charge in [-0.15, -0.1) is 0 Å². The number of rotatable bonds is 1. The molecule has 11 heavy (non-hydrogen) atoms. The van der Waals surface area contributed by atoms with Gasteiger partial charge in [-0.2, -0.15) is 0 Å². The minimum Gasteiger partial charge on any atom is -0.0753 e. The van der Waals surface area contributed by atoms with Gasteiger partial charge in [0.2, 0.25) is 0 Å². The fourth-order valence-electron chi connectivity index (χ4n) is 1.88. The van der Waals surface area contributed by atoms with E-state index in [0.717, 1.165) is 0 Å². The maximum absolute atomic E-state index is 2.40. The Kier molecular flexibility index (Phi) is 2.22. The highest BCUT2D eigenvalue weighted by atomic mass is 14.2. The summed E-state index contributed by atoms with van der Waals surface area (Å²) >= 11 is 0. The SMILES string of the molecule is CCC1=CC(C)(C)CC(C)=C1. The lowest BCUT2D eigenvalue weighted by Crippen LogP contribution is -2.12. The van der Waals surface area contributed by atoms with Crippen molar-refractivity contribution in [3.05, 3.63) is 23.3 Å². The van der Waals surface area contributed by atoms with E-state index in [1.807, 2.05) is 0 Å². The number of hydrogen-bond acceptors (Lipinski definition) is 0. The van der Waals surface area contributed by atoms with Gasteiger partial charge in [0, 0.05) is 0 Å². The van der Waals surface area contributed by atoms with Crippen molar-refractivity contribution in [3.63, 3.8) is 0 Å². The van der Waals surface area contributed by atoms with Crippen molar-refractivity contribution in [1.29, 1.82) is 0 Å². The van der Waals surface area contributed by atoms with Crippen LogP contribution in [-0.4, -0.2) is 0 Å². The third-order valence-electron chi connectivity index (χ3n) is 2.15. The normalized spacial score (nSPS) is 22.5. The summed E-state index contributed by atoms with van der Waals surface area (Å²) in [5, 5.41) is 0. The Bertz CT molecular complexity index is 204. The molecule has 0 bridgehead atoms. The van der Waals surface area contributed by atoms with E-state index >= 15 is 0 Å². The van der Waals surface area contributed by atoms with Crippen molar-refractivity contribution in [2.24, 2.45) is 5.41 Å². The molecule has 0 spiro atoms. The van der Waals surface area contributed by atoms with Gasteiger partial charge >= 0.3 is 0 Å². The quantitative estimate of drug-likeness (QED) is 0.534. The second-order valence-corrected chi connectivity index (χ2v) is 4.23. The molecule has 1 aliphatic carbocycles. The standard InChI is InChI=1S/C11H18/c1-5-10-6-9(2)7-11(3,4)8-10/h6,8H,5,7H2,1-4H3. The summed E-state index contributed by atoms with van der Waals surface area (Å²) < 4.78 is 0. The van der Waals surface area contributed by atoms with E-state index in [2.05, 4.69) is 39.8 Å². The lowest BCUT2D eigenvalue weighted by Gasteiger charge is -2.26. The highest BCUT2D eigenvalue weighted by Crippen LogP contribution is 2.33. The molecule has 0 aromatic rings. The highest BCUT2D eigenvalue weighted by Gasteiger charge is 2.18. The first kappa shape index (κ1) is 8.58. The summed E-state index contributed by atoms with van der Waals surface area (Å²) in [6.07, 6.45) is 7.11. The average molecular weight is 150 g/mol. The summed E-state index contributed by atoms with van der Waals surface area (Å²) in [7, 11) is 0. The molecule has 0 aromatic carbocycles. The molecule has 0 fully saturated rings. The van der Waals surface area contributed by atoms with Crippen LogP contribution in [0.1, 0.15) is 40.5 Å². The van der Waals surface area contributed by atoms with Gasteiger partial charge in [0.1, 0.15) is 0 Å². The van der Waals surface area contributed by atoms with Crippen LogP contribution in [0.15, 0.2) is 23.3 Å². The van der Waals surface area contributed by atoms with Crippen LogP contribution >= 0.6 is 0 Å². The van der Waals surface area contributed by atoms with Gasteiger partial charge in [0.25, 0.3) is 0 Å². The van der Waals surface area contributed by atoms with Gasteiger partial charge in [0.15, 0.2) is 0 Å². The Morgan fingerprint density at radius 3 is 2.55 bits per heavy atom. The molecule has 0 heterocycles. The zero-order valence-electron chi connectivity index (χ0n) is 8.07. The van der Waals surface area contributed by atoms with Crippen molar-refractivity contribution in [1.82, 2.24) is 0 Å². The molecular formula is C11H18. The lowest BCUT2D eigenvalue weighted by atomic mass is 9.79. The van der Waals surface area contributed by atoms with Crippen molar-refractivity contribution in [2.45, 2.75) is 40.5 Å². The summed E-state index contributed by atoms with van der Waals surface area (Å²) in [4.78, 5) is 0. The predicted molar refractivity (Wildman–Crippen MR) is 50.5 cm³/mol. The largest absolute Gasteiger partial charge is 0.0753 e. The minimum atomic E-state index is 0.393. The first-order valence-electron chi connectivity index (χ1n) is 4.42. The fraction of sp³-hybridized carbons (Fsp3) is 0.636. The van der Waals surface area contributed by atoms with Gasteiger partial charge < -0.3 is 0 Å². The van der Waals surface area contributed by atoms with Crippen LogP contribution < -0.4 is 0 Å². The maximum atomic E-state index is 2.40. The smallest absolute Gasteiger partial charge is 0.0132 e. The molecule has 0 amide bonds. The monoisotopic (exact) mass is 150 g/mol. The third-order valence-corrected chi connectivity index (χ3v) is 2.15. The second-order valence-electron chi connectivity index (χ2n) is 4.23. The van der Waals surface area contributed by atoms with Crippen molar-refractivity contribution in [2.75, 3.05) is 0 Å². The molecule has 1 rings (SSSR count). The molecule has 62 valence electrons. The molecule has 0 unspecified atom stereocenters. The number of allylic oxidation sites excluding steroid dienone is 4. The van der Waals surface area contributed by atoms with E-state index in [1.165, 1.54) is 24.0 Å². The molecule has 0 N–H and O–H groups in total. The van der Waals surface area contributed by atoms with Gasteiger partial charge in [-0.05, 0) is 25.2 Å². The molecule has 0 aromatic heterocycles.